The van der Waals surface area contributed by atoms with Crippen molar-refractivity contribution in [1.29, 1.82) is 0 Å². The zero-order valence-electron chi connectivity index (χ0n) is 9.91. The number of hydrogen-bond donors (Lipinski definition) is 0. The molecule has 0 N–H and O–H groups in total. The fourth-order valence-corrected chi connectivity index (χ4v) is 1.54. The fourth-order valence-electron chi connectivity index (χ4n) is 1.54. The standard InChI is InChI=1S/C13H21N/c1-11(14(5)13(2,3)4)12-9-7-6-8-10-12/h6-11H,1-5H3/t11-/m1/s1. The Morgan fingerprint density at radius 2 is 1.57 bits per heavy atom. The van der Waals surface area contributed by atoms with Crippen LogP contribution < -0.4 is 0 Å². The Bertz CT molecular complexity index is 271. The summed E-state index contributed by atoms with van der Waals surface area (Å²) in [5, 5.41) is 0. The molecule has 0 saturated carbocycles. The van der Waals surface area contributed by atoms with Crippen LogP contribution in [0.4, 0.5) is 0 Å². The molecule has 1 rings (SSSR count). The van der Waals surface area contributed by atoms with E-state index in [2.05, 4.69) is 70.0 Å². The first-order valence-corrected chi connectivity index (χ1v) is 5.21. The number of hydrogen-bond acceptors (Lipinski definition) is 1. The van der Waals surface area contributed by atoms with Gasteiger partial charge in [-0.25, -0.2) is 0 Å². The molecule has 1 atom stereocenters. The third-order valence-corrected chi connectivity index (χ3v) is 2.92. The molecule has 78 valence electrons. The van der Waals surface area contributed by atoms with E-state index in [0.29, 0.717) is 6.04 Å². The van der Waals surface area contributed by atoms with Crippen LogP contribution in [0.2, 0.25) is 0 Å². The van der Waals surface area contributed by atoms with Gasteiger partial charge in [0.2, 0.25) is 0 Å². The van der Waals surface area contributed by atoms with E-state index in [1.54, 1.807) is 0 Å². The Morgan fingerprint density at radius 1 is 1.07 bits per heavy atom. The molecule has 14 heavy (non-hydrogen) atoms. The molecule has 1 aromatic carbocycles. The summed E-state index contributed by atoms with van der Waals surface area (Å²) >= 11 is 0. The quantitative estimate of drug-likeness (QED) is 0.691. The molecule has 0 heterocycles. The zero-order valence-corrected chi connectivity index (χ0v) is 9.91. The van der Waals surface area contributed by atoms with Gasteiger partial charge in [0.15, 0.2) is 0 Å². The van der Waals surface area contributed by atoms with E-state index in [4.69, 9.17) is 0 Å². The highest BCUT2D eigenvalue weighted by Crippen LogP contribution is 2.25. The van der Waals surface area contributed by atoms with E-state index in [0.717, 1.165) is 0 Å². The van der Waals surface area contributed by atoms with E-state index >= 15 is 0 Å². The maximum absolute atomic E-state index is 2.39. The van der Waals surface area contributed by atoms with Crippen molar-refractivity contribution in [3.63, 3.8) is 0 Å². The summed E-state index contributed by atoms with van der Waals surface area (Å²) in [6.07, 6.45) is 0. The lowest BCUT2D eigenvalue weighted by Crippen LogP contribution is -2.39. The third kappa shape index (κ3) is 2.58. The lowest BCUT2D eigenvalue weighted by atomic mass is 10.0. The van der Waals surface area contributed by atoms with Gasteiger partial charge in [-0.2, -0.15) is 0 Å². The van der Waals surface area contributed by atoms with Gasteiger partial charge in [0.1, 0.15) is 0 Å². The van der Waals surface area contributed by atoms with Gasteiger partial charge in [-0.15, -0.1) is 0 Å². The minimum atomic E-state index is 0.218. The van der Waals surface area contributed by atoms with Crippen molar-refractivity contribution >= 4 is 0 Å². The highest BCUT2D eigenvalue weighted by Gasteiger charge is 2.22. The molecule has 0 aromatic heterocycles. The minimum Gasteiger partial charge on any atom is -0.295 e. The lowest BCUT2D eigenvalue weighted by molar-refractivity contribution is 0.126. The normalized spacial score (nSPS) is 14.4. The van der Waals surface area contributed by atoms with Gasteiger partial charge in [-0.05, 0) is 40.3 Å². The van der Waals surface area contributed by atoms with Crippen LogP contribution in [0.3, 0.4) is 0 Å². The van der Waals surface area contributed by atoms with Crippen LogP contribution in [-0.2, 0) is 0 Å². The third-order valence-electron chi connectivity index (χ3n) is 2.92. The minimum absolute atomic E-state index is 0.218. The van der Waals surface area contributed by atoms with Gasteiger partial charge in [0.25, 0.3) is 0 Å². The SMILES string of the molecule is C[C@H](c1ccccc1)N(C)C(C)(C)C. The molecule has 0 spiro atoms. The predicted octanol–water partition coefficient (Wildman–Crippen LogP) is 3.48. The summed E-state index contributed by atoms with van der Waals surface area (Å²) in [4.78, 5) is 2.39. The van der Waals surface area contributed by atoms with E-state index in [9.17, 15) is 0 Å². The molecule has 0 amide bonds. The van der Waals surface area contributed by atoms with E-state index in [1.165, 1.54) is 5.56 Å². The lowest BCUT2D eigenvalue weighted by Gasteiger charge is -2.37. The first-order chi connectivity index (χ1) is 6.43. The average molecular weight is 191 g/mol. The molecule has 0 unspecified atom stereocenters. The van der Waals surface area contributed by atoms with Gasteiger partial charge in [0.05, 0.1) is 0 Å². The van der Waals surface area contributed by atoms with Crippen LogP contribution in [0.15, 0.2) is 30.3 Å². The zero-order chi connectivity index (χ0) is 10.8. The molecular formula is C13H21N. The molecule has 0 radical (unpaired) electrons. The van der Waals surface area contributed by atoms with Crippen molar-refractivity contribution in [1.82, 2.24) is 4.90 Å². The first kappa shape index (κ1) is 11.3. The number of rotatable bonds is 2. The van der Waals surface area contributed by atoms with Crippen LogP contribution in [0.25, 0.3) is 0 Å². The van der Waals surface area contributed by atoms with E-state index in [1.807, 2.05) is 0 Å². The van der Waals surface area contributed by atoms with Gasteiger partial charge in [-0.3, -0.25) is 4.90 Å². The van der Waals surface area contributed by atoms with Crippen LogP contribution in [0, 0.1) is 0 Å². The molecule has 0 bridgehead atoms. The summed E-state index contributed by atoms with van der Waals surface area (Å²) in [5.41, 5.74) is 1.60. The van der Waals surface area contributed by atoms with Crippen LogP contribution in [0.5, 0.6) is 0 Å². The Balaban J connectivity index is 2.81. The Morgan fingerprint density at radius 3 is 2.00 bits per heavy atom. The summed E-state index contributed by atoms with van der Waals surface area (Å²) in [7, 11) is 2.18. The Hall–Kier alpha value is -0.820. The maximum atomic E-state index is 2.39. The second kappa shape index (κ2) is 4.14. The predicted molar refractivity (Wildman–Crippen MR) is 62.4 cm³/mol. The van der Waals surface area contributed by atoms with Crippen molar-refractivity contribution in [3.8, 4) is 0 Å². The molecule has 1 nitrogen and oxygen atoms in total. The van der Waals surface area contributed by atoms with Crippen LogP contribution in [0.1, 0.15) is 39.3 Å². The van der Waals surface area contributed by atoms with Crippen LogP contribution in [-0.4, -0.2) is 17.5 Å². The van der Waals surface area contributed by atoms with Crippen molar-refractivity contribution in [2.24, 2.45) is 0 Å². The molecular weight excluding hydrogens is 170 g/mol. The number of nitrogens with zero attached hydrogens (tertiary/aromatic N) is 1. The van der Waals surface area contributed by atoms with Gasteiger partial charge >= 0.3 is 0 Å². The second-order valence-electron chi connectivity index (χ2n) is 4.87. The molecule has 0 fully saturated rings. The van der Waals surface area contributed by atoms with Gasteiger partial charge in [-0.1, -0.05) is 30.3 Å². The average Bonchev–Trinajstić information content (AvgIpc) is 2.15. The Kier molecular flexibility index (Phi) is 3.33. The van der Waals surface area contributed by atoms with Crippen molar-refractivity contribution < 1.29 is 0 Å². The monoisotopic (exact) mass is 191 g/mol. The molecule has 0 aliphatic carbocycles. The summed E-state index contributed by atoms with van der Waals surface area (Å²) in [5.74, 6) is 0. The summed E-state index contributed by atoms with van der Waals surface area (Å²) in [6, 6.07) is 11.1. The second-order valence-corrected chi connectivity index (χ2v) is 4.87. The smallest absolute Gasteiger partial charge is 0.0322 e. The fraction of sp³-hybridized carbons (Fsp3) is 0.538. The van der Waals surface area contributed by atoms with E-state index in [-0.39, 0.29) is 5.54 Å². The highest BCUT2D eigenvalue weighted by atomic mass is 15.2. The molecule has 0 aliphatic rings. The van der Waals surface area contributed by atoms with Crippen molar-refractivity contribution in [3.05, 3.63) is 35.9 Å². The topological polar surface area (TPSA) is 3.24 Å². The van der Waals surface area contributed by atoms with Crippen LogP contribution >= 0.6 is 0 Å². The van der Waals surface area contributed by atoms with Crippen molar-refractivity contribution in [2.75, 3.05) is 7.05 Å². The molecule has 0 aliphatic heterocycles. The number of benzene rings is 1. The van der Waals surface area contributed by atoms with Gasteiger partial charge < -0.3 is 0 Å². The molecule has 1 aromatic rings. The summed E-state index contributed by atoms with van der Waals surface area (Å²) < 4.78 is 0. The van der Waals surface area contributed by atoms with Crippen molar-refractivity contribution in [2.45, 2.75) is 39.3 Å². The first-order valence-electron chi connectivity index (χ1n) is 5.21. The van der Waals surface area contributed by atoms with E-state index < -0.39 is 0 Å². The Labute approximate surface area is 87.7 Å². The molecule has 0 saturated heterocycles. The summed E-state index contributed by atoms with van der Waals surface area (Å²) in [6.45, 7) is 8.98. The molecule has 1 heteroatoms. The van der Waals surface area contributed by atoms with Gasteiger partial charge in [0, 0.05) is 11.6 Å². The largest absolute Gasteiger partial charge is 0.295 e. The maximum Gasteiger partial charge on any atom is 0.0322 e. The highest BCUT2D eigenvalue weighted by molar-refractivity contribution is 5.18.